The van der Waals surface area contributed by atoms with Crippen LogP contribution < -0.4 is 4.18 Å². The quantitative estimate of drug-likeness (QED) is 0.577. The molecule has 20 heavy (non-hydrogen) atoms. The fourth-order valence-corrected chi connectivity index (χ4v) is 2.73. The van der Waals surface area contributed by atoms with Gasteiger partial charge in [-0.15, -0.1) is 0 Å². The summed E-state index contributed by atoms with van der Waals surface area (Å²) in [4.78, 5) is 17.0. The molecule has 0 unspecified atom stereocenters. The van der Waals surface area contributed by atoms with E-state index >= 15 is 0 Å². The molecule has 0 aliphatic heterocycles. The van der Waals surface area contributed by atoms with E-state index in [2.05, 4.69) is 4.98 Å². The number of rotatable bonds is 4. The zero-order valence-corrected chi connectivity index (χ0v) is 13.4. The molecule has 2 aromatic rings. The third-order valence-corrected chi connectivity index (χ3v) is 4.16. The molecule has 0 bridgehead atoms. The van der Waals surface area contributed by atoms with Gasteiger partial charge in [-0.05, 0) is 36.0 Å². The zero-order chi connectivity index (χ0) is 14.5. The van der Waals surface area contributed by atoms with Crippen LogP contribution in [0.1, 0.15) is 10.5 Å². The summed E-state index contributed by atoms with van der Waals surface area (Å²) in [6, 6.07) is 10.1. The molecule has 2 rings (SSSR count). The first kappa shape index (κ1) is 15.5. The van der Waals surface area contributed by atoms with E-state index in [4.69, 9.17) is 27.4 Å². The minimum Gasteiger partial charge on any atom is -0.406 e. The van der Waals surface area contributed by atoms with Gasteiger partial charge in [0.1, 0.15) is 5.69 Å². The van der Waals surface area contributed by atoms with Crippen LogP contribution in [0.4, 0.5) is 0 Å². The third kappa shape index (κ3) is 4.06. The fraction of sp³-hybridized carbons (Fsp3) is 0.0769. The normalized spacial score (nSPS) is 10.3. The number of halogens is 2. The average molecular weight is 346 g/mol. The number of aromatic nitrogens is 1. The second kappa shape index (κ2) is 7.22. The van der Waals surface area contributed by atoms with Crippen molar-refractivity contribution in [3.05, 3.63) is 52.1 Å². The molecule has 7 heteroatoms. The van der Waals surface area contributed by atoms with Gasteiger partial charge in [0.15, 0.2) is 0 Å². The highest BCUT2D eigenvalue weighted by Gasteiger charge is 2.12. The van der Waals surface area contributed by atoms with E-state index in [0.29, 0.717) is 26.5 Å². The number of carbonyl (C=O) groups excluding carboxylic acids is 1. The largest absolute Gasteiger partial charge is 0.406 e. The second-order valence-corrected chi connectivity index (χ2v) is 5.94. The summed E-state index contributed by atoms with van der Waals surface area (Å²) in [6.45, 7) is 0. The van der Waals surface area contributed by atoms with Gasteiger partial charge in [-0.25, -0.2) is 4.98 Å². The molecule has 0 spiro atoms. The number of benzene rings is 1. The molecular formula is C13H9Cl2NO2S2. The van der Waals surface area contributed by atoms with Crippen molar-refractivity contribution >= 4 is 52.1 Å². The molecule has 104 valence electrons. The standard InChI is InChI=1S/C13H9Cl2NO2S2/c1-19-18-12-4-2-3-11(16-12)13(17)20-8-5-6-9(14)10(15)7-8/h2-7H,1H3. The third-order valence-electron chi connectivity index (χ3n) is 2.20. The van der Waals surface area contributed by atoms with Gasteiger partial charge < -0.3 is 4.18 Å². The summed E-state index contributed by atoms with van der Waals surface area (Å²) < 4.78 is 5.19. The lowest BCUT2D eigenvalue weighted by atomic mass is 10.4. The first-order chi connectivity index (χ1) is 9.60. The van der Waals surface area contributed by atoms with Crippen LogP contribution in [0.25, 0.3) is 0 Å². The van der Waals surface area contributed by atoms with Gasteiger partial charge in [0.2, 0.25) is 11.0 Å². The number of carbonyl (C=O) groups is 1. The predicted molar refractivity (Wildman–Crippen MR) is 85.0 cm³/mol. The van der Waals surface area contributed by atoms with Crippen LogP contribution >= 0.6 is 47.0 Å². The first-order valence-corrected chi connectivity index (χ1v) is 8.17. The van der Waals surface area contributed by atoms with E-state index in [1.807, 2.05) is 0 Å². The molecule has 0 fully saturated rings. The maximum absolute atomic E-state index is 12.1. The topological polar surface area (TPSA) is 39.2 Å². The first-order valence-electron chi connectivity index (χ1n) is 5.45. The van der Waals surface area contributed by atoms with Crippen LogP contribution in [0.2, 0.25) is 10.0 Å². The minimum absolute atomic E-state index is 0.185. The van der Waals surface area contributed by atoms with Gasteiger partial charge in [0.25, 0.3) is 0 Å². The predicted octanol–water partition coefficient (Wildman–Crippen LogP) is 4.98. The lowest BCUT2D eigenvalue weighted by Crippen LogP contribution is -1.98. The maximum atomic E-state index is 12.1. The Morgan fingerprint density at radius 1 is 1.20 bits per heavy atom. The molecule has 3 nitrogen and oxygen atoms in total. The monoisotopic (exact) mass is 345 g/mol. The van der Waals surface area contributed by atoms with Crippen LogP contribution in [-0.4, -0.2) is 16.4 Å². The smallest absolute Gasteiger partial charge is 0.242 e. The van der Waals surface area contributed by atoms with Crippen molar-refractivity contribution in [3.8, 4) is 5.88 Å². The highest BCUT2D eigenvalue weighted by Crippen LogP contribution is 2.29. The van der Waals surface area contributed by atoms with Crippen molar-refractivity contribution in [2.45, 2.75) is 4.90 Å². The van der Waals surface area contributed by atoms with Crippen molar-refractivity contribution in [2.24, 2.45) is 0 Å². The Bertz CT molecular complexity index is 638. The van der Waals surface area contributed by atoms with Crippen LogP contribution in [-0.2, 0) is 0 Å². The average Bonchev–Trinajstić information content (AvgIpc) is 2.43. The van der Waals surface area contributed by atoms with Crippen LogP contribution in [0.15, 0.2) is 41.3 Å². The summed E-state index contributed by atoms with van der Waals surface area (Å²) in [5.74, 6) is 0.401. The highest BCUT2D eigenvalue weighted by atomic mass is 35.5. The van der Waals surface area contributed by atoms with Crippen molar-refractivity contribution in [1.29, 1.82) is 0 Å². The van der Waals surface area contributed by atoms with Crippen LogP contribution in [0, 0.1) is 0 Å². The molecule has 1 heterocycles. The molecule has 0 amide bonds. The number of thioether (sulfide) groups is 1. The highest BCUT2D eigenvalue weighted by molar-refractivity contribution is 8.14. The van der Waals surface area contributed by atoms with E-state index in [1.165, 1.54) is 12.0 Å². The number of nitrogens with zero attached hydrogens (tertiary/aromatic N) is 1. The van der Waals surface area contributed by atoms with Gasteiger partial charge >= 0.3 is 0 Å². The van der Waals surface area contributed by atoms with Crippen LogP contribution in [0.3, 0.4) is 0 Å². The van der Waals surface area contributed by atoms with Gasteiger partial charge in [0.05, 0.1) is 22.1 Å². The van der Waals surface area contributed by atoms with E-state index in [1.54, 1.807) is 42.7 Å². The Kier molecular flexibility index (Phi) is 5.60. The summed E-state index contributed by atoms with van der Waals surface area (Å²) >= 11 is 14.0. The molecule has 0 radical (unpaired) electrons. The Morgan fingerprint density at radius 3 is 2.70 bits per heavy atom. The molecular weight excluding hydrogens is 337 g/mol. The van der Waals surface area contributed by atoms with Gasteiger partial charge in [0, 0.05) is 17.2 Å². The van der Waals surface area contributed by atoms with E-state index in [-0.39, 0.29) is 5.12 Å². The van der Waals surface area contributed by atoms with E-state index < -0.39 is 0 Å². The molecule has 1 aromatic heterocycles. The van der Waals surface area contributed by atoms with Gasteiger partial charge in [-0.2, -0.15) is 0 Å². The number of pyridine rings is 1. The molecule has 0 N–H and O–H groups in total. The van der Waals surface area contributed by atoms with Crippen molar-refractivity contribution in [3.63, 3.8) is 0 Å². The van der Waals surface area contributed by atoms with Crippen molar-refractivity contribution in [1.82, 2.24) is 4.98 Å². The molecule has 0 atom stereocenters. The summed E-state index contributed by atoms with van der Waals surface area (Å²) in [5, 5.41) is 0.684. The summed E-state index contributed by atoms with van der Waals surface area (Å²) in [6.07, 6.45) is 1.78. The zero-order valence-electron chi connectivity index (χ0n) is 10.3. The van der Waals surface area contributed by atoms with Crippen molar-refractivity contribution in [2.75, 3.05) is 6.26 Å². The Morgan fingerprint density at radius 2 is 2.00 bits per heavy atom. The molecule has 0 saturated heterocycles. The molecule has 0 aliphatic carbocycles. The van der Waals surface area contributed by atoms with E-state index in [9.17, 15) is 4.79 Å². The van der Waals surface area contributed by atoms with Gasteiger partial charge in [-0.1, -0.05) is 29.3 Å². The SMILES string of the molecule is CSOc1cccc(C(=O)Sc2ccc(Cl)c(Cl)c2)n1. The summed E-state index contributed by atoms with van der Waals surface area (Å²) in [5.41, 5.74) is 0.327. The lowest BCUT2D eigenvalue weighted by Gasteiger charge is -2.04. The van der Waals surface area contributed by atoms with Gasteiger partial charge in [-0.3, -0.25) is 4.79 Å². The Balaban J connectivity index is 2.15. The lowest BCUT2D eigenvalue weighted by molar-refractivity contribution is 0.108. The number of hydrogen-bond acceptors (Lipinski definition) is 5. The second-order valence-electron chi connectivity index (χ2n) is 3.58. The molecule has 0 aliphatic rings. The van der Waals surface area contributed by atoms with Crippen LogP contribution in [0.5, 0.6) is 5.88 Å². The van der Waals surface area contributed by atoms with E-state index in [0.717, 1.165) is 11.8 Å². The molecule has 0 saturated carbocycles. The maximum Gasteiger partial charge on any atom is 0.242 e. The van der Waals surface area contributed by atoms with Crippen molar-refractivity contribution < 1.29 is 8.98 Å². The minimum atomic E-state index is -0.185. The Hall–Kier alpha value is -0.880. The molecule has 1 aromatic carbocycles. The fourth-order valence-electron chi connectivity index (χ4n) is 1.36. The Labute approximate surface area is 135 Å². The number of hydrogen-bond donors (Lipinski definition) is 0. The summed E-state index contributed by atoms with van der Waals surface area (Å²) in [7, 11) is 0.